The molecule has 0 saturated heterocycles. The second-order valence-corrected chi connectivity index (χ2v) is 5.88. The number of hydrogen-bond acceptors (Lipinski definition) is 5. The molecule has 0 aliphatic heterocycles. The van der Waals surface area contributed by atoms with E-state index in [9.17, 15) is 0 Å². The summed E-state index contributed by atoms with van der Waals surface area (Å²) in [5, 5.41) is 3.36. The Morgan fingerprint density at radius 3 is 2.68 bits per heavy atom. The van der Waals surface area contributed by atoms with Crippen molar-refractivity contribution >= 4 is 11.6 Å². The molecule has 1 unspecified atom stereocenters. The normalized spacial score (nSPS) is 13.2. The average molecular weight is 265 g/mol. The Balaban J connectivity index is 2.65. The van der Waals surface area contributed by atoms with E-state index < -0.39 is 0 Å². The third kappa shape index (κ3) is 5.87. The van der Waals surface area contributed by atoms with Crippen molar-refractivity contribution in [2.24, 2.45) is 5.73 Å². The van der Waals surface area contributed by atoms with Gasteiger partial charge in [-0.2, -0.15) is 0 Å². The molecule has 19 heavy (non-hydrogen) atoms. The quantitative estimate of drug-likeness (QED) is 0.791. The monoisotopic (exact) mass is 265 g/mol. The lowest BCUT2D eigenvalue weighted by Crippen LogP contribution is -2.36. The summed E-state index contributed by atoms with van der Waals surface area (Å²) in [6.07, 6.45) is 3.59. The van der Waals surface area contributed by atoms with Gasteiger partial charge in [-0.15, -0.1) is 0 Å². The van der Waals surface area contributed by atoms with Gasteiger partial charge in [0.15, 0.2) is 0 Å². The minimum absolute atomic E-state index is 0.154. The van der Waals surface area contributed by atoms with Crippen molar-refractivity contribution in [1.29, 1.82) is 0 Å². The van der Waals surface area contributed by atoms with Gasteiger partial charge in [0, 0.05) is 31.2 Å². The molecular formula is C14H27N5. The zero-order valence-corrected chi connectivity index (χ0v) is 12.8. The molecular weight excluding hydrogens is 238 g/mol. The fourth-order valence-electron chi connectivity index (χ4n) is 1.56. The molecule has 1 aromatic rings. The molecule has 0 amide bonds. The molecule has 0 fully saturated rings. The largest absolute Gasteiger partial charge is 0.367 e. The maximum Gasteiger partial charge on any atom is 0.133 e. The highest BCUT2D eigenvalue weighted by Gasteiger charge is 2.13. The van der Waals surface area contributed by atoms with Crippen LogP contribution in [0.25, 0.3) is 0 Å². The number of nitrogens with one attached hydrogen (secondary N) is 1. The summed E-state index contributed by atoms with van der Waals surface area (Å²) in [5.74, 6) is 1.79. The van der Waals surface area contributed by atoms with Gasteiger partial charge in [0.05, 0.1) is 0 Å². The van der Waals surface area contributed by atoms with E-state index in [0.29, 0.717) is 6.04 Å². The zero-order chi connectivity index (χ0) is 14.5. The van der Waals surface area contributed by atoms with Crippen LogP contribution in [0.5, 0.6) is 0 Å². The van der Waals surface area contributed by atoms with E-state index in [2.05, 4.69) is 34.0 Å². The first-order valence-corrected chi connectivity index (χ1v) is 6.90. The van der Waals surface area contributed by atoms with Crippen LogP contribution in [0.15, 0.2) is 12.4 Å². The van der Waals surface area contributed by atoms with Crippen molar-refractivity contribution in [3.05, 3.63) is 12.4 Å². The Hall–Kier alpha value is -1.36. The molecule has 108 valence electrons. The van der Waals surface area contributed by atoms with Crippen LogP contribution in [0.3, 0.4) is 0 Å². The van der Waals surface area contributed by atoms with Crippen LogP contribution in [-0.4, -0.2) is 35.1 Å². The summed E-state index contributed by atoms with van der Waals surface area (Å²) >= 11 is 0. The van der Waals surface area contributed by atoms with Crippen LogP contribution in [0, 0.1) is 0 Å². The topological polar surface area (TPSA) is 67.1 Å². The van der Waals surface area contributed by atoms with Crippen molar-refractivity contribution in [3.8, 4) is 0 Å². The molecule has 0 aromatic carbocycles. The van der Waals surface area contributed by atoms with Gasteiger partial charge in [0.1, 0.15) is 18.0 Å². The Morgan fingerprint density at radius 1 is 1.42 bits per heavy atom. The van der Waals surface area contributed by atoms with Crippen molar-refractivity contribution in [3.63, 3.8) is 0 Å². The number of nitrogens with two attached hydrogens (primary N) is 1. The number of hydrogen-bond donors (Lipinski definition) is 2. The van der Waals surface area contributed by atoms with Gasteiger partial charge >= 0.3 is 0 Å². The van der Waals surface area contributed by atoms with Gasteiger partial charge in [0.25, 0.3) is 0 Å². The van der Waals surface area contributed by atoms with Crippen LogP contribution < -0.4 is 16.0 Å². The first-order chi connectivity index (χ1) is 8.81. The van der Waals surface area contributed by atoms with Crippen molar-refractivity contribution in [2.75, 3.05) is 23.8 Å². The van der Waals surface area contributed by atoms with Gasteiger partial charge in [-0.05, 0) is 33.6 Å². The lowest BCUT2D eigenvalue weighted by atomic mass is 10.0. The Bertz CT molecular complexity index is 386. The second kappa shape index (κ2) is 6.70. The van der Waals surface area contributed by atoms with E-state index in [0.717, 1.165) is 31.0 Å². The number of rotatable bonds is 7. The molecule has 0 saturated carbocycles. The van der Waals surface area contributed by atoms with Crippen LogP contribution in [0.1, 0.15) is 40.5 Å². The standard InChI is InChI=1S/C14H27N5/c1-6-11(2)18-12-9-13(17-10-16-12)19(5)8-7-14(3,4)15/h9-11H,6-8,15H2,1-5H3,(H,16,17,18). The van der Waals surface area contributed by atoms with Crippen molar-refractivity contribution in [2.45, 2.75) is 52.1 Å². The van der Waals surface area contributed by atoms with Gasteiger partial charge < -0.3 is 16.0 Å². The van der Waals surface area contributed by atoms with Crippen molar-refractivity contribution < 1.29 is 0 Å². The van der Waals surface area contributed by atoms with Crippen molar-refractivity contribution in [1.82, 2.24) is 9.97 Å². The van der Waals surface area contributed by atoms with Crippen LogP contribution in [0.2, 0.25) is 0 Å². The van der Waals surface area contributed by atoms with Crippen LogP contribution in [0.4, 0.5) is 11.6 Å². The predicted molar refractivity (Wildman–Crippen MR) is 81.6 cm³/mol. The molecule has 5 nitrogen and oxygen atoms in total. The van der Waals surface area contributed by atoms with Gasteiger partial charge in [-0.25, -0.2) is 9.97 Å². The van der Waals surface area contributed by atoms with E-state index in [-0.39, 0.29) is 5.54 Å². The molecule has 0 radical (unpaired) electrons. The molecule has 3 N–H and O–H groups in total. The molecule has 0 bridgehead atoms. The molecule has 1 rings (SSSR count). The van der Waals surface area contributed by atoms with E-state index in [4.69, 9.17) is 5.73 Å². The van der Waals surface area contributed by atoms with E-state index >= 15 is 0 Å². The molecule has 1 heterocycles. The summed E-state index contributed by atoms with van der Waals surface area (Å²) in [5.41, 5.74) is 5.85. The number of nitrogens with zero attached hydrogens (tertiary/aromatic N) is 3. The smallest absolute Gasteiger partial charge is 0.133 e. The lowest BCUT2D eigenvalue weighted by Gasteiger charge is -2.24. The predicted octanol–water partition coefficient (Wildman–Crippen LogP) is 2.25. The highest BCUT2D eigenvalue weighted by molar-refractivity contribution is 5.48. The van der Waals surface area contributed by atoms with Crippen LogP contribution >= 0.6 is 0 Å². The van der Waals surface area contributed by atoms with Gasteiger partial charge in [-0.3, -0.25) is 0 Å². The summed E-state index contributed by atoms with van der Waals surface area (Å²) in [6.45, 7) is 9.24. The summed E-state index contributed by atoms with van der Waals surface area (Å²) < 4.78 is 0. The lowest BCUT2D eigenvalue weighted by molar-refractivity contribution is 0.478. The SMILES string of the molecule is CCC(C)Nc1cc(N(C)CCC(C)(C)N)ncn1. The number of aromatic nitrogens is 2. The Morgan fingerprint density at radius 2 is 2.11 bits per heavy atom. The fourth-order valence-corrected chi connectivity index (χ4v) is 1.56. The Labute approximate surface area is 116 Å². The second-order valence-electron chi connectivity index (χ2n) is 5.88. The minimum Gasteiger partial charge on any atom is -0.367 e. The highest BCUT2D eigenvalue weighted by atomic mass is 15.2. The molecule has 1 aromatic heterocycles. The molecule has 0 aliphatic rings. The minimum atomic E-state index is -0.154. The van der Waals surface area contributed by atoms with E-state index in [1.54, 1.807) is 6.33 Å². The first-order valence-electron chi connectivity index (χ1n) is 6.90. The van der Waals surface area contributed by atoms with E-state index in [1.807, 2.05) is 27.0 Å². The maximum absolute atomic E-state index is 6.00. The molecule has 0 spiro atoms. The summed E-state index contributed by atoms with van der Waals surface area (Å²) in [7, 11) is 2.03. The summed E-state index contributed by atoms with van der Waals surface area (Å²) in [6, 6.07) is 2.39. The zero-order valence-electron chi connectivity index (χ0n) is 12.8. The van der Waals surface area contributed by atoms with Crippen LogP contribution in [-0.2, 0) is 0 Å². The third-order valence-corrected chi connectivity index (χ3v) is 3.14. The fraction of sp³-hybridized carbons (Fsp3) is 0.714. The first kappa shape index (κ1) is 15.7. The Kier molecular flexibility index (Phi) is 5.54. The molecule has 1 atom stereocenters. The molecule has 0 aliphatic carbocycles. The molecule has 5 heteroatoms. The highest BCUT2D eigenvalue weighted by Crippen LogP contribution is 2.15. The average Bonchev–Trinajstić information content (AvgIpc) is 2.35. The van der Waals surface area contributed by atoms with Gasteiger partial charge in [0.2, 0.25) is 0 Å². The summed E-state index contributed by atoms with van der Waals surface area (Å²) in [4.78, 5) is 10.7. The number of anilines is 2. The maximum atomic E-state index is 6.00. The van der Waals surface area contributed by atoms with Gasteiger partial charge in [-0.1, -0.05) is 6.92 Å². The third-order valence-electron chi connectivity index (χ3n) is 3.14. The van der Waals surface area contributed by atoms with E-state index in [1.165, 1.54) is 0 Å².